The van der Waals surface area contributed by atoms with Crippen LogP contribution in [0.4, 0.5) is 0 Å². The van der Waals surface area contributed by atoms with Gasteiger partial charge in [-0.25, -0.2) is 9.97 Å². The maximum Gasteiger partial charge on any atom is 0.216 e. The molecule has 6 aromatic rings. The smallest absolute Gasteiger partial charge is 0.216 e. The molecule has 0 spiro atoms. The predicted octanol–water partition coefficient (Wildman–Crippen LogP) is 11.1. The van der Waals surface area contributed by atoms with Crippen molar-refractivity contribution >= 4 is 49.5 Å². The summed E-state index contributed by atoms with van der Waals surface area (Å²) >= 11 is 0. The molecule has 0 fully saturated rings. The van der Waals surface area contributed by atoms with E-state index in [4.69, 9.17) is 4.42 Å². The summed E-state index contributed by atoms with van der Waals surface area (Å²) in [5.41, 5.74) is 6.79. The van der Waals surface area contributed by atoms with E-state index in [9.17, 15) is 9.90 Å². The van der Waals surface area contributed by atoms with E-state index in [1.54, 1.807) is 6.33 Å². The second-order valence-corrected chi connectivity index (χ2v) is 13.3. The van der Waals surface area contributed by atoms with Gasteiger partial charge in [0, 0.05) is 59.2 Å². The molecule has 3 heterocycles. The Morgan fingerprint density at radius 1 is 0.875 bits per heavy atom. The molecule has 6 nitrogen and oxygen atoms in total. The Morgan fingerprint density at radius 2 is 1.54 bits per heavy atom. The largest absolute Gasteiger partial charge is 0.512 e. The molecule has 253 valence electrons. The van der Waals surface area contributed by atoms with E-state index < -0.39 is 0 Å². The van der Waals surface area contributed by atoms with Crippen molar-refractivity contribution in [2.75, 3.05) is 0 Å². The fourth-order valence-electron chi connectivity index (χ4n) is 6.15. The van der Waals surface area contributed by atoms with E-state index in [1.165, 1.54) is 22.6 Å². The predicted molar refractivity (Wildman–Crippen MR) is 194 cm³/mol. The van der Waals surface area contributed by atoms with Crippen LogP contribution >= 0.6 is 0 Å². The quantitative estimate of drug-likeness (QED) is 0.0712. The molecule has 1 N–H and O–H groups in total. The summed E-state index contributed by atoms with van der Waals surface area (Å²) in [6.07, 6.45) is 6.39. The van der Waals surface area contributed by atoms with Gasteiger partial charge in [-0.3, -0.25) is 9.78 Å². The molecule has 3 aromatic carbocycles. The molecule has 0 saturated carbocycles. The van der Waals surface area contributed by atoms with Gasteiger partial charge < -0.3 is 9.52 Å². The number of furan rings is 1. The molecule has 0 amide bonds. The molecule has 0 aliphatic heterocycles. The van der Waals surface area contributed by atoms with Crippen molar-refractivity contribution < 1.29 is 34.4 Å². The van der Waals surface area contributed by atoms with Gasteiger partial charge in [0.2, 0.25) is 5.71 Å². The first-order valence-corrected chi connectivity index (χ1v) is 16.7. The van der Waals surface area contributed by atoms with Gasteiger partial charge >= 0.3 is 0 Å². The number of rotatable bonds is 8. The Kier molecular flexibility index (Phi) is 11.3. The van der Waals surface area contributed by atoms with Gasteiger partial charge in [-0.1, -0.05) is 82.3 Å². The van der Waals surface area contributed by atoms with Crippen LogP contribution in [0.15, 0.2) is 71.1 Å². The minimum Gasteiger partial charge on any atom is -0.512 e. The normalized spacial score (nSPS) is 12.3. The van der Waals surface area contributed by atoms with Gasteiger partial charge in [0.15, 0.2) is 5.78 Å². The van der Waals surface area contributed by atoms with Crippen molar-refractivity contribution in [3.8, 4) is 11.3 Å². The molecule has 0 saturated heterocycles. The van der Waals surface area contributed by atoms with Crippen molar-refractivity contribution in [1.29, 1.82) is 0 Å². The molecule has 6 rings (SSSR count). The van der Waals surface area contributed by atoms with E-state index in [2.05, 4.69) is 65.2 Å². The number of pyridine rings is 1. The molecule has 0 atom stereocenters. The minimum atomic E-state index is -0.337. The number of aliphatic hydroxyl groups is 1. The average molecular weight is 821 g/mol. The third-order valence-electron chi connectivity index (χ3n) is 10.3. The monoisotopic (exact) mass is 821 g/mol. The number of allylic oxidation sites excluding steroid dienone is 2. The van der Waals surface area contributed by atoms with Crippen LogP contribution in [-0.4, -0.2) is 25.8 Å². The Bertz CT molecular complexity index is 2140. The summed E-state index contributed by atoms with van der Waals surface area (Å²) in [7, 11) is 0. The van der Waals surface area contributed by atoms with Gasteiger partial charge in [-0.05, 0) is 74.9 Å². The van der Waals surface area contributed by atoms with Crippen LogP contribution in [0.2, 0.25) is 0 Å². The first kappa shape index (κ1) is 36.9. The number of aryl methyl sites for hydroxylation is 3. The molecule has 48 heavy (non-hydrogen) atoms. The van der Waals surface area contributed by atoms with Crippen LogP contribution < -0.4 is 0 Å². The van der Waals surface area contributed by atoms with Crippen LogP contribution in [0.5, 0.6) is 0 Å². The molecule has 0 aliphatic rings. The summed E-state index contributed by atoms with van der Waals surface area (Å²) in [5.74, 6) is 0.286. The van der Waals surface area contributed by atoms with Gasteiger partial charge in [-0.2, -0.15) is 0 Å². The fourth-order valence-corrected chi connectivity index (χ4v) is 6.15. The number of aliphatic hydroxyl groups excluding tert-OH is 1. The first-order chi connectivity index (χ1) is 22.4. The number of carbonyl (C=O) groups is 1. The van der Waals surface area contributed by atoms with Crippen molar-refractivity contribution in [3.63, 3.8) is 0 Å². The van der Waals surface area contributed by atoms with E-state index in [0.717, 1.165) is 75.3 Å². The van der Waals surface area contributed by atoms with Crippen molar-refractivity contribution in [1.82, 2.24) is 15.0 Å². The second kappa shape index (κ2) is 14.7. The number of ketones is 1. The van der Waals surface area contributed by atoms with E-state index in [-0.39, 0.29) is 42.5 Å². The molecule has 0 aliphatic carbocycles. The fraction of sp³-hybridized carbons (Fsp3) is 0.366. The number of fused-ring (bicyclic) bond motifs is 6. The second-order valence-electron chi connectivity index (χ2n) is 13.3. The number of aromatic nitrogens is 3. The summed E-state index contributed by atoms with van der Waals surface area (Å²) in [6.45, 7) is 18.3. The maximum atomic E-state index is 12.2. The van der Waals surface area contributed by atoms with Crippen LogP contribution in [0.3, 0.4) is 0 Å². The molecule has 3 aromatic heterocycles. The number of hydrogen-bond acceptors (Lipinski definition) is 6. The van der Waals surface area contributed by atoms with Gasteiger partial charge in [-0.15, -0.1) is 18.2 Å². The minimum absolute atomic E-state index is 0. The van der Waals surface area contributed by atoms with Crippen molar-refractivity contribution in [2.45, 2.75) is 88.0 Å². The zero-order chi connectivity index (χ0) is 34.1. The Morgan fingerprint density at radius 3 is 2.21 bits per heavy atom. The summed E-state index contributed by atoms with van der Waals surface area (Å²) < 4.78 is 6.19. The first-order valence-electron chi connectivity index (χ1n) is 16.7. The number of nitrogens with zero attached hydrogens (tertiary/aromatic N) is 3. The van der Waals surface area contributed by atoms with Gasteiger partial charge in [0.05, 0.1) is 11.1 Å². The summed E-state index contributed by atoms with van der Waals surface area (Å²) in [5, 5.41) is 15.5. The summed E-state index contributed by atoms with van der Waals surface area (Å²) in [6, 6.07) is 20.0. The zero-order valence-corrected chi connectivity index (χ0v) is 31.9. The molecule has 0 unspecified atom stereocenters. The zero-order valence-electron chi connectivity index (χ0n) is 29.5. The van der Waals surface area contributed by atoms with E-state index in [1.807, 2.05) is 66.7 Å². The SMILES string of the molecule is CCC(C)(CC)C(=O)/C=C(\O)C(C)(CC)CC.Cc1cc(C)c2c(ccc3c(-c4[c-]ccc5c4oc4nc(C)ccc45)ncnc32)c1.[Ir]. The number of carbonyl (C=O) groups excluding carboxylic acids is 1. The molecule has 1 radical (unpaired) electrons. The van der Waals surface area contributed by atoms with Crippen LogP contribution in [0, 0.1) is 37.7 Å². The Labute approximate surface area is 297 Å². The Balaban J connectivity index is 0.000000251. The Hall–Kier alpha value is -3.93. The molecule has 0 bridgehead atoms. The molecule has 7 heteroatoms. The topological polar surface area (TPSA) is 89.1 Å². The van der Waals surface area contributed by atoms with Crippen LogP contribution in [-0.2, 0) is 24.9 Å². The average Bonchev–Trinajstić information content (AvgIpc) is 3.44. The van der Waals surface area contributed by atoms with E-state index >= 15 is 0 Å². The van der Waals surface area contributed by atoms with Gasteiger partial charge in [0.25, 0.3) is 0 Å². The maximum absolute atomic E-state index is 12.2. The number of benzene rings is 3. The van der Waals surface area contributed by atoms with E-state index in [0.29, 0.717) is 5.71 Å². The molecular weight excluding hydrogens is 775 g/mol. The van der Waals surface area contributed by atoms with Crippen LogP contribution in [0.25, 0.3) is 55.0 Å². The third-order valence-corrected chi connectivity index (χ3v) is 10.3. The van der Waals surface area contributed by atoms with Crippen molar-refractivity contribution in [2.24, 2.45) is 10.8 Å². The number of hydrogen-bond donors (Lipinski definition) is 1. The third kappa shape index (κ3) is 6.81. The van der Waals surface area contributed by atoms with Crippen molar-refractivity contribution in [3.05, 3.63) is 89.6 Å². The molecular formula is C41H46IrN3O3-. The standard InChI is InChI=1S/C26H18N3O.C15H28O2.Ir/c1-14-11-15(2)22-17(12-14)8-10-20-23(27-13-28-24(20)22)21-6-4-5-18-19-9-7-16(3)29-26(19)30-25(18)21;1-7-14(5,8-2)12(16)11-13(17)15(6,9-3)10-4;/h4-5,7-13H,1-3H3;11,16H,7-10H2,1-6H3;/q-1;;/b;12-11-;. The summed E-state index contributed by atoms with van der Waals surface area (Å²) in [4.78, 5) is 26.0. The van der Waals surface area contributed by atoms with Gasteiger partial charge in [0.1, 0.15) is 12.1 Å². The van der Waals surface area contributed by atoms with Crippen LogP contribution in [0.1, 0.15) is 84.0 Å².